The van der Waals surface area contributed by atoms with Crippen LogP contribution in [0.2, 0.25) is 0 Å². The molecule has 1 atom stereocenters. The molecule has 4 N–H and O–H groups in total. The number of phenolic OH excluding ortho intramolecular Hbond substituents is 1. The van der Waals surface area contributed by atoms with E-state index < -0.39 is 0 Å². The van der Waals surface area contributed by atoms with Gasteiger partial charge in [0.15, 0.2) is 0 Å². The zero-order valence-electron chi connectivity index (χ0n) is 11.3. The highest BCUT2D eigenvalue weighted by Gasteiger charge is 2.10. The van der Waals surface area contributed by atoms with E-state index in [1.54, 1.807) is 24.3 Å². The number of benzene rings is 1. The van der Waals surface area contributed by atoms with Crippen molar-refractivity contribution in [2.75, 3.05) is 12.3 Å². The number of nitrogens with one attached hydrogen (secondary N) is 1. The molecule has 5 heteroatoms. The molecule has 0 spiro atoms. The maximum absolute atomic E-state index is 11.8. The van der Waals surface area contributed by atoms with Crippen LogP contribution in [0.15, 0.2) is 29.2 Å². The molecule has 19 heavy (non-hydrogen) atoms. The SMILES string of the molecule is CCCCC(CN)NC(=O)CSc1ccc(O)cc1. The monoisotopic (exact) mass is 282 g/mol. The average Bonchev–Trinajstić information content (AvgIpc) is 2.42. The van der Waals surface area contributed by atoms with Crippen LogP contribution in [0.4, 0.5) is 0 Å². The summed E-state index contributed by atoms with van der Waals surface area (Å²) in [5, 5.41) is 12.1. The van der Waals surface area contributed by atoms with Crippen LogP contribution in [0, 0.1) is 0 Å². The first kappa shape index (κ1) is 15.9. The highest BCUT2D eigenvalue weighted by Crippen LogP contribution is 2.20. The lowest BCUT2D eigenvalue weighted by molar-refractivity contribution is -0.119. The molecule has 1 rings (SSSR count). The Hall–Kier alpha value is -1.20. The van der Waals surface area contributed by atoms with Gasteiger partial charge in [-0.25, -0.2) is 0 Å². The fourth-order valence-electron chi connectivity index (χ4n) is 1.66. The summed E-state index contributed by atoms with van der Waals surface area (Å²) in [5.41, 5.74) is 5.64. The average molecular weight is 282 g/mol. The molecule has 0 saturated heterocycles. The zero-order valence-corrected chi connectivity index (χ0v) is 12.1. The fraction of sp³-hybridized carbons (Fsp3) is 0.500. The third kappa shape index (κ3) is 6.50. The fourth-order valence-corrected chi connectivity index (χ4v) is 2.37. The van der Waals surface area contributed by atoms with Crippen LogP contribution in [-0.4, -0.2) is 29.4 Å². The van der Waals surface area contributed by atoms with Crippen LogP contribution in [0.5, 0.6) is 5.75 Å². The molecule has 0 heterocycles. The van der Waals surface area contributed by atoms with Crippen molar-refractivity contribution in [3.05, 3.63) is 24.3 Å². The number of nitrogens with two attached hydrogens (primary N) is 1. The Kier molecular flexibility index (Phi) is 7.36. The van der Waals surface area contributed by atoms with Gasteiger partial charge in [-0.2, -0.15) is 0 Å². The van der Waals surface area contributed by atoms with Gasteiger partial charge >= 0.3 is 0 Å². The normalized spacial score (nSPS) is 12.1. The predicted molar refractivity (Wildman–Crippen MR) is 79.3 cm³/mol. The van der Waals surface area contributed by atoms with Gasteiger partial charge in [0.2, 0.25) is 5.91 Å². The summed E-state index contributed by atoms with van der Waals surface area (Å²) in [5.74, 6) is 0.606. The summed E-state index contributed by atoms with van der Waals surface area (Å²) < 4.78 is 0. The maximum atomic E-state index is 11.8. The molecule has 1 unspecified atom stereocenters. The molecule has 4 nitrogen and oxygen atoms in total. The lowest BCUT2D eigenvalue weighted by atomic mass is 10.1. The van der Waals surface area contributed by atoms with Crippen LogP contribution in [0.3, 0.4) is 0 Å². The topological polar surface area (TPSA) is 75.3 Å². The molecule has 0 aromatic heterocycles. The molecule has 0 bridgehead atoms. The third-order valence-electron chi connectivity index (χ3n) is 2.76. The highest BCUT2D eigenvalue weighted by molar-refractivity contribution is 8.00. The maximum Gasteiger partial charge on any atom is 0.230 e. The molecule has 0 aliphatic carbocycles. The largest absolute Gasteiger partial charge is 0.508 e. The molecule has 1 amide bonds. The van der Waals surface area contributed by atoms with Gasteiger partial charge < -0.3 is 16.2 Å². The van der Waals surface area contributed by atoms with E-state index in [1.807, 2.05) is 0 Å². The molecule has 0 saturated carbocycles. The number of rotatable bonds is 8. The second-order valence-electron chi connectivity index (χ2n) is 4.42. The summed E-state index contributed by atoms with van der Waals surface area (Å²) in [4.78, 5) is 12.7. The van der Waals surface area contributed by atoms with Crippen molar-refractivity contribution < 1.29 is 9.90 Å². The van der Waals surface area contributed by atoms with Gasteiger partial charge in [-0.15, -0.1) is 11.8 Å². The van der Waals surface area contributed by atoms with Gasteiger partial charge in [0.1, 0.15) is 5.75 Å². The van der Waals surface area contributed by atoms with Crippen molar-refractivity contribution in [2.24, 2.45) is 5.73 Å². The Morgan fingerprint density at radius 1 is 1.42 bits per heavy atom. The van der Waals surface area contributed by atoms with E-state index in [0.29, 0.717) is 12.3 Å². The van der Waals surface area contributed by atoms with Crippen LogP contribution in [0.1, 0.15) is 26.2 Å². The number of unbranched alkanes of at least 4 members (excludes halogenated alkanes) is 1. The smallest absolute Gasteiger partial charge is 0.230 e. The van der Waals surface area contributed by atoms with Crippen molar-refractivity contribution in [2.45, 2.75) is 37.1 Å². The molecular formula is C14H22N2O2S. The Bertz CT molecular complexity index is 382. The van der Waals surface area contributed by atoms with Crippen molar-refractivity contribution >= 4 is 17.7 Å². The van der Waals surface area contributed by atoms with Gasteiger partial charge in [0.05, 0.1) is 5.75 Å². The van der Waals surface area contributed by atoms with Crippen LogP contribution in [-0.2, 0) is 4.79 Å². The minimum Gasteiger partial charge on any atom is -0.508 e. The second kappa shape index (κ2) is 8.82. The number of hydrogen-bond acceptors (Lipinski definition) is 4. The van der Waals surface area contributed by atoms with E-state index in [4.69, 9.17) is 10.8 Å². The van der Waals surface area contributed by atoms with Gasteiger partial charge in [-0.3, -0.25) is 4.79 Å². The molecule has 0 aliphatic rings. The molecule has 1 aromatic rings. The van der Waals surface area contributed by atoms with Gasteiger partial charge in [0, 0.05) is 17.5 Å². The molecule has 106 valence electrons. The number of thioether (sulfide) groups is 1. The van der Waals surface area contributed by atoms with Gasteiger partial charge in [-0.05, 0) is 30.7 Å². The van der Waals surface area contributed by atoms with Crippen molar-refractivity contribution in [3.8, 4) is 5.75 Å². The van der Waals surface area contributed by atoms with E-state index in [1.165, 1.54) is 11.8 Å². The van der Waals surface area contributed by atoms with E-state index >= 15 is 0 Å². The summed E-state index contributed by atoms with van der Waals surface area (Å²) in [6, 6.07) is 6.90. The van der Waals surface area contributed by atoms with Crippen molar-refractivity contribution in [1.82, 2.24) is 5.32 Å². The Morgan fingerprint density at radius 2 is 2.11 bits per heavy atom. The summed E-state index contributed by atoms with van der Waals surface area (Å²) in [6.07, 6.45) is 3.12. The highest BCUT2D eigenvalue weighted by atomic mass is 32.2. The summed E-state index contributed by atoms with van der Waals surface area (Å²) in [7, 11) is 0. The minimum absolute atomic E-state index is 0.00429. The number of carbonyl (C=O) groups excluding carboxylic acids is 1. The standard InChI is InChI=1S/C14H22N2O2S/c1-2-3-4-11(9-15)16-14(18)10-19-13-7-5-12(17)6-8-13/h5-8,11,17H,2-4,9-10,15H2,1H3,(H,16,18). The molecule has 0 fully saturated rings. The number of hydrogen-bond donors (Lipinski definition) is 3. The number of aromatic hydroxyl groups is 1. The first-order chi connectivity index (χ1) is 9.15. The zero-order chi connectivity index (χ0) is 14.1. The Labute approximate surface area is 118 Å². The second-order valence-corrected chi connectivity index (χ2v) is 5.47. The number of phenols is 1. The van der Waals surface area contributed by atoms with Crippen LogP contribution >= 0.6 is 11.8 Å². The lowest BCUT2D eigenvalue weighted by Gasteiger charge is -2.16. The number of carbonyl (C=O) groups is 1. The molecule has 0 aliphatic heterocycles. The first-order valence-electron chi connectivity index (χ1n) is 6.57. The molecule has 1 aromatic carbocycles. The van der Waals surface area contributed by atoms with Crippen molar-refractivity contribution in [1.29, 1.82) is 0 Å². The van der Waals surface area contributed by atoms with Gasteiger partial charge in [-0.1, -0.05) is 19.8 Å². The molecule has 0 radical (unpaired) electrons. The number of amides is 1. The third-order valence-corrected chi connectivity index (χ3v) is 3.77. The predicted octanol–water partition coefficient (Wildman–Crippen LogP) is 2.12. The molecular weight excluding hydrogens is 260 g/mol. The van der Waals surface area contributed by atoms with Crippen LogP contribution < -0.4 is 11.1 Å². The van der Waals surface area contributed by atoms with E-state index in [2.05, 4.69) is 12.2 Å². The Balaban J connectivity index is 2.32. The van der Waals surface area contributed by atoms with Crippen molar-refractivity contribution in [3.63, 3.8) is 0 Å². The van der Waals surface area contributed by atoms with Gasteiger partial charge in [0.25, 0.3) is 0 Å². The van der Waals surface area contributed by atoms with E-state index in [-0.39, 0.29) is 17.7 Å². The quantitative estimate of drug-likeness (QED) is 0.638. The first-order valence-corrected chi connectivity index (χ1v) is 7.55. The Morgan fingerprint density at radius 3 is 2.68 bits per heavy atom. The van der Waals surface area contributed by atoms with E-state index in [9.17, 15) is 4.79 Å². The van der Waals surface area contributed by atoms with E-state index in [0.717, 1.165) is 24.2 Å². The van der Waals surface area contributed by atoms with Crippen LogP contribution in [0.25, 0.3) is 0 Å². The minimum atomic E-state index is 0.00429. The summed E-state index contributed by atoms with van der Waals surface area (Å²) >= 11 is 1.45. The summed E-state index contributed by atoms with van der Waals surface area (Å²) in [6.45, 7) is 2.60. The lowest BCUT2D eigenvalue weighted by Crippen LogP contribution is -2.41.